The summed E-state index contributed by atoms with van der Waals surface area (Å²) in [7, 11) is 0. The molecule has 2 heterocycles. The van der Waals surface area contributed by atoms with Gasteiger partial charge in [-0.25, -0.2) is 4.68 Å². The molecule has 5 nitrogen and oxygen atoms in total. The first-order chi connectivity index (χ1) is 12.7. The molecule has 0 N–H and O–H groups in total. The van der Waals surface area contributed by atoms with Crippen LogP contribution in [0.4, 0.5) is 0 Å². The van der Waals surface area contributed by atoms with Crippen LogP contribution in [-0.4, -0.2) is 44.5 Å². The van der Waals surface area contributed by atoms with Gasteiger partial charge in [0, 0.05) is 24.7 Å². The first-order valence-corrected chi connectivity index (χ1v) is 10.2. The second-order valence-electron chi connectivity index (χ2n) is 7.43. The van der Waals surface area contributed by atoms with E-state index in [2.05, 4.69) is 47.6 Å². The Hall–Kier alpha value is -1.50. The SMILES string of the molecule is CCn1c(-c2cccc(C)c2)nn(CN2CCOC3CCCCC32)c1=S. The van der Waals surface area contributed by atoms with Crippen LogP contribution in [0.3, 0.4) is 0 Å². The molecule has 0 amide bonds. The van der Waals surface area contributed by atoms with Gasteiger partial charge in [0.2, 0.25) is 0 Å². The van der Waals surface area contributed by atoms with Gasteiger partial charge in [0.1, 0.15) is 0 Å². The molecule has 0 radical (unpaired) electrons. The van der Waals surface area contributed by atoms with Crippen molar-refractivity contribution in [1.82, 2.24) is 19.2 Å². The van der Waals surface area contributed by atoms with Gasteiger partial charge in [0.25, 0.3) is 0 Å². The molecule has 2 aliphatic rings. The lowest BCUT2D eigenvalue weighted by molar-refractivity contribution is -0.0993. The minimum absolute atomic E-state index is 0.385. The van der Waals surface area contributed by atoms with Gasteiger partial charge < -0.3 is 9.30 Å². The van der Waals surface area contributed by atoms with Crippen LogP contribution in [-0.2, 0) is 18.0 Å². The van der Waals surface area contributed by atoms with Crippen molar-refractivity contribution >= 4 is 12.2 Å². The summed E-state index contributed by atoms with van der Waals surface area (Å²) >= 11 is 5.77. The molecule has 2 atom stereocenters. The summed E-state index contributed by atoms with van der Waals surface area (Å²) in [5.41, 5.74) is 2.37. The van der Waals surface area contributed by atoms with Gasteiger partial charge in [0.05, 0.1) is 19.4 Å². The lowest BCUT2D eigenvalue weighted by Gasteiger charge is -2.43. The third-order valence-corrected chi connectivity index (χ3v) is 6.11. The third-order valence-electron chi connectivity index (χ3n) is 5.68. The summed E-state index contributed by atoms with van der Waals surface area (Å²) in [6.07, 6.45) is 5.37. The fourth-order valence-electron chi connectivity index (χ4n) is 4.34. The zero-order valence-corrected chi connectivity index (χ0v) is 16.5. The number of nitrogens with zero attached hydrogens (tertiary/aromatic N) is 4. The zero-order valence-electron chi connectivity index (χ0n) is 15.7. The number of morpholine rings is 1. The van der Waals surface area contributed by atoms with E-state index in [9.17, 15) is 0 Å². The van der Waals surface area contributed by atoms with Crippen molar-refractivity contribution in [3.8, 4) is 11.4 Å². The Bertz CT molecular complexity index is 825. The number of rotatable bonds is 4. The summed E-state index contributed by atoms with van der Waals surface area (Å²) in [5, 5.41) is 4.92. The van der Waals surface area contributed by atoms with E-state index in [0.717, 1.165) is 42.5 Å². The van der Waals surface area contributed by atoms with Crippen molar-refractivity contribution < 1.29 is 4.74 Å². The van der Waals surface area contributed by atoms with Crippen LogP contribution in [0.1, 0.15) is 38.2 Å². The number of fused-ring (bicyclic) bond motifs is 1. The van der Waals surface area contributed by atoms with E-state index in [1.165, 1.54) is 31.2 Å². The predicted molar refractivity (Wildman–Crippen MR) is 106 cm³/mol. The minimum atomic E-state index is 0.385. The molecule has 26 heavy (non-hydrogen) atoms. The van der Waals surface area contributed by atoms with Gasteiger partial charge in [-0.2, -0.15) is 5.10 Å². The maximum Gasteiger partial charge on any atom is 0.199 e. The van der Waals surface area contributed by atoms with Crippen LogP contribution in [0.5, 0.6) is 0 Å². The van der Waals surface area contributed by atoms with Gasteiger partial charge in [-0.3, -0.25) is 4.90 Å². The molecule has 2 unspecified atom stereocenters. The molecule has 0 bridgehead atoms. The van der Waals surface area contributed by atoms with Crippen molar-refractivity contribution in [3.05, 3.63) is 34.6 Å². The maximum absolute atomic E-state index is 6.01. The van der Waals surface area contributed by atoms with E-state index in [1.54, 1.807) is 0 Å². The molecule has 1 aliphatic heterocycles. The van der Waals surface area contributed by atoms with Gasteiger partial charge >= 0.3 is 0 Å². The average Bonchev–Trinajstić information content (AvgIpc) is 2.98. The number of hydrogen-bond donors (Lipinski definition) is 0. The summed E-state index contributed by atoms with van der Waals surface area (Å²) in [5.74, 6) is 0.967. The highest BCUT2D eigenvalue weighted by molar-refractivity contribution is 7.71. The molecule has 4 rings (SSSR count). The molecule has 1 aliphatic carbocycles. The van der Waals surface area contributed by atoms with Crippen LogP contribution in [0.2, 0.25) is 0 Å². The average molecular weight is 373 g/mol. The molecule has 1 saturated carbocycles. The van der Waals surface area contributed by atoms with Crippen molar-refractivity contribution in [1.29, 1.82) is 0 Å². The smallest absolute Gasteiger partial charge is 0.199 e. The largest absolute Gasteiger partial charge is 0.375 e. The maximum atomic E-state index is 6.01. The summed E-state index contributed by atoms with van der Waals surface area (Å²) in [6.45, 7) is 7.61. The minimum Gasteiger partial charge on any atom is -0.375 e. The molecule has 1 aromatic carbocycles. The molecule has 1 aromatic heterocycles. The Kier molecular flexibility index (Phi) is 5.25. The second kappa shape index (κ2) is 7.62. The number of aromatic nitrogens is 3. The summed E-state index contributed by atoms with van der Waals surface area (Å²) in [4.78, 5) is 2.52. The number of ether oxygens (including phenoxy) is 1. The molecule has 6 heteroatoms. The summed E-state index contributed by atoms with van der Waals surface area (Å²) < 4.78 is 11.0. The third kappa shape index (κ3) is 3.38. The normalized spacial score (nSPS) is 23.8. The van der Waals surface area contributed by atoms with Crippen LogP contribution in [0.15, 0.2) is 24.3 Å². The Morgan fingerprint density at radius 3 is 2.92 bits per heavy atom. The molecular weight excluding hydrogens is 344 g/mol. The molecule has 140 valence electrons. The van der Waals surface area contributed by atoms with E-state index >= 15 is 0 Å². The van der Waals surface area contributed by atoms with Crippen LogP contribution < -0.4 is 0 Å². The monoisotopic (exact) mass is 372 g/mol. The van der Waals surface area contributed by atoms with Crippen LogP contribution in [0, 0.1) is 11.7 Å². The lowest BCUT2D eigenvalue weighted by Crippen LogP contribution is -2.52. The molecule has 2 fully saturated rings. The van der Waals surface area contributed by atoms with E-state index in [0.29, 0.717) is 12.1 Å². The van der Waals surface area contributed by atoms with Crippen molar-refractivity contribution in [2.75, 3.05) is 13.2 Å². The first kappa shape index (κ1) is 17.9. The Morgan fingerprint density at radius 1 is 1.27 bits per heavy atom. The fraction of sp³-hybridized carbons (Fsp3) is 0.600. The second-order valence-corrected chi connectivity index (χ2v) is 7.80. The fourth-order valence-corrected chi connectivity index (χ4v) is 4.65. The topological polar surface area (TPSA) is 35.2 Å². The van der Waals surface area contributed by atoms with Crippen LogP contribution >= 0.6 is 12.2 Å². The lowest BCUT2D eigenvalue weighted by atomic mass is 9.90. The number of benzene rings is 1. The molecule has 0 spiro atoms. The number of hydrogen-bond acceptors (Lipinski definition) is 4. The molecule has 1 saturated heterocycles. The van der Waals surface area contributed by atoms with E-state index in [-0.39, 0.29) is 0 Å². The van der Waals surface area contributed by atoms with Crippen molar-refractivity contribution in [3.63, 3.8) is 0 Å². The quantitative estimate of drug-likeness (QED) is 0.760. The molecular formula is C20H28N4OS. The number of aryl methyl sites for hydroxylation is 1. The van der Waals surface area contributed by atoms with Crippen LogP contribution in [0.25, 0.3) is 11.4 Å². The van der Waals surface area contributed by atoms with Crippen molar-refractivity contribution in [2.24, 2.45) is 0 Å². The highest BCUT2D eigenvalue weighted by Crippen LogP contribution is 2.29. The Balaban J connectivity index is 1.64. The van der Waals surface area contributed by atoms with Gasteiger partial charge in [0.15, 0.2) is 10.6 Å². The predicted octanol–water partition coefficient (Wildman–Crippen LogP) is 4.01. The molecule has 2 aromatic rings. The van der Waals surface area contributed by atoms with Crippen molar-refractivity contribution in [2.45, 2.75) is 64.9 Å². The van der Waals surface area contributed by atoms with Gasteiger partial charge in [-0.15, -0.1) is 0 Å². The standard InChI is InChI=1S/C20H28N4OS/c1-3-23-19(16-8-6-7-15(2)13-16)21-24(20(23)26)14-22-11-12-25-18-10-5-4-9-17(18)22/h6-8,13,17-18H,3-5,9-12,14H2,1-2H3. The Labute approximate surface area is 160 Å². The highest BCUT2D eigenvalue weighted by Gasteiger charge is 2.34. The summed E-state index contributed by atoms with van der Waals surface area (Å²) in [6, 6.07) is 9.00. The van der Waals surface area contributed by atoms with E-state index in [4.69, 9.17) is 22.1 Å². The Morgan fingerprint density at radius 2 is 2.12 bits per heavy atom. The van der Waals surface area contributed by atoms with E-state index in [1.807, 2.05) is 4.68 Å². The highest BCUT2D eigenvalue weighted by atomic mass is 32.1. The zero-order chi connectivity index (χ0) is 18.1. The van der Waals surface area contributed by atoms with E-state index < -0.39 is 0 Å². The van der Waals surface area contributed by atoms with Gasteiger partial charge in [-0.1, -0.05) is 36.6 Å². The first-order valence-electron chi connectivity index (χ1n) is 9.77. The van der Waals surface area contributed by atoms with Gasteiger partial charge in [-0.05, 0) is 45.0 Å².